The first-order valence-corrected chi connectivity index (χ1v) is 8.28. The SMILES string of the molecule is C=CC(=O)NCc1ccc(-c2ccc(F)cc2)cc1-c1cc(C)n(C)n1. The van der Waals surface area contributed by atoms with Crippen molar-refractivity contribution in [2.24, 2.45) is 7.05 Å². The van der Waals surface area contributed by atoms with E-state index >= 15 is 0 Å². The lowest BCUT2D eigenvalue weighted by Gasteiger charge is -2.11. The van der Waals surface area contributed by atoms with E-state index in [9.17, 15) is 9.18 Å². The van der Waals surface area contributed by atoms with Crippen LogP contribution in [0.2, 0.25) is 0 Å². The van der Waals surface area contributed by atoms with Gasteiger partial charge in [0, 0.05) is 24.8 Å². The quantitative estimate of drug-likeness (QED) is 0.708. The summed E-state index contributed by atoms with van der Waals surface area (Å²) >= 11 is 0. The molecule has 1 N–H and O–H groups in total. The second-order valence-electron chi connectivity index (χ2n) is 6.10. The van der Waals surface area contributed by atoms with Gasteiger partial charge < -0.3 is 5.32 Å². The largest absolute Gasteiger partial charge is 0.348 e. The van der Waals surface area contributed by atoms with Gasteiger partial charge in [-0.15, -0.1) is 0 Å². The van der Waals surface area contributed by atoms with E-state index in [1.807, 2.05) is 42.9 Å². The summed E-state index contributed by atoms with van der Waals surface area (Å²) in [6.07, 6.45) is 1.25. The number of aromatic nitrogens is 2. The van der Waals surface area contributed by atoms with Gasteiger partial charge >= 0.3 is 0 Å². The van der Waals surface area contributed by atoms with Gasteiger partial charge in [-0.3, -0.25) is 9.48 Å². The molecule has 1 heterocycles. The minimum absolute atomic E-state index is 0.226. The predicted molar refractivity (Wildman–Crippen MR) is 101 cm³/mol. The van der Waals surface area contributed by atoms with Crippen molar-refractivity contribution in [2.75, 3.05) is 0 Å². The Labute approximate surface area is 152 Å². The van der Waals surface area contributed by atoms with Crippen molar-refractivity contribution in [1.82, 2.24) is 15.1 Å². The second kappa shape index (κ2) is 7.35. The number of halogens is 1. The van der Waals surface area contributed by atoms with Gasteiger partial charge in [0.2, 0.25) is 5.91 Å². The van der Waals surface area contributed by atoms with Crippen molar-refractivity contribution in [3.8, 4) is 22.4 Å². The summed E-state index contributed by atoms with van der Waals surface area (Å²) in [7, 11) is 1.89. The van der Waals surface area contributed by atoms with E-state index in [-0.39, 0.29) is 11.7 Å². The van der Waals surface area contributed by atoms with Crippen molar-refractivity contribution in [1.29, 1.82) is 0 Å². The molecule has 1 amide bonds. The molecule has 26 heavy (non-hydrogen) atoms. The third-order valence-corrected chi connectivity index (χ3v) is 4.32. The van der Waals surface area contributed by atoms with E-state index in [0.717, 1.165) is 33.6 Å². The third kappa shape index (κ3) is 3.72. The van der Waals surface area contributed by atoms with Crippen molar-refractivity contribution in [3.63, 3.8) is 0 Å². The molecule has 132 valence electrons. The fourth-order valence-electron chi connectivity index (χ4n) is 2.74. The zero-order valence-electron chi connectivity index (χ0n) is 14.8. The number of rotatable bonds is 5. The van der Waals surface area contributed by atoms with Crippen LogP contribution in [0.5, 0.6) is 0 Å². The van der Waals surface area contributed by atoms with Crippen molar-refractivity contribution < 1.29 is 9.18 Å². The third-order valence-electron chi connectivity index (χ3n) is 4.32. The average Bonchev–Trinajstić information content (AvgIpc) is 2.99. The van der Waals surface area contributed by atoms with E-state index < -0.39 is 0 Å². The van der Waals surface area contributed by atoms with Gasteiger partial charge in [-0.1, -0.05) is 30.8 Å². The average molecular weight is 349 g/mol. The highest BCUT2D eigenvalue weighted by Gasteiger charge is 2.12. The normalized spacial score (nSPS) is 10.6. The van der Waals surface area contributed by atoms with E-state index in [0.29, 0.717) is 6.54 Å². The molecule has 5 heteroatoms. The van der Waals surface area contributed by atoms with Crippen LogP contribution in [0.1, 0.15) is 11.3 Å². The molecule has 0 fully saturated rings. The number of benzene rings is 2. The number of amides is 1. The Morgan fingerprint density at radius 3 is 2.50 bits per heavy atom. The van der Waals surface area contributed by atoms with Gasteiger partial charge in [-0.25, -0.2) is 4.39 Å². The van der Waals surface area contributed by atoms with Crippen LogP contribution in [0.25, 0.3) is 22.4 Å². The van der Waals surface area contributed by atoms with Crippen LogP contribution < -0.4 is 5.32 Å². The molecule has 4 nitrogen and oxygen atoms in total. The molecule has 1 aromatic heterocycles. The molecule has 0 bridgehead atoms. The van der Waals surface area contributed by atoms with Crippen LogP contribution in [-0.4, -0.2) is 15.7 Å². The summed E-state index contributed by atoms with van der Waals surface area (Å²) in [4.78, 5) is 11.5. The minimum atomic E-state index is -0.266. The number of carbonyl (C=O) groups excluding carboxylic acids is 1. The molecule has 0 saturated heterocycles. The molecule has 0 aliphatic rings. The zero-order chi connectivity index (χ0) is 18.7. The lowest BCUT2D eigenvalue weighted by Crippen LogP contribution is -2.20. The molecule has 3 rings (SSSR count). The minimum Gasteiger partial charge on any atom is -0.348 e. The molecule has 0 spiro atoms. The van der Waals surface area contributed by atoms with Crippen LogP contribution in [0.4, 0.5) is 4.39 Å². The van der Waals surface area contributed by atoms with Crippen LogP contribution in [-0.2, 0) is 18.4 Å². The van der Waals surface area contributed by atoms with Gasteiger partial charge in [0.25, 0.3) is 0 Å². The smallest absolute Gasteiger partial charge is 0.243 e. The Hall–Kier alpha value is -3.21. The van der Waals surface area contributed by atoms with E-state index in [2.05, 4.69) is 17.0 Å². The second-order valence-corrected chi connectivity index (χ2v) is 6.10. The van der Waals surface area contributed by atoms with Crippen LogP contribution >= 0.6 is 0 Å². The highest BCUT2D eigenvalue weighted by Crippen LogP contribution is 2.29. The number of hydrogen-bond acceptors (Lipinski definition) is 2. The van der Waals surface area contributed by atoms with E-state index in [1.54, 1.807) is 12.1 Å². The number of aryl methyl sites for hydroxylation is 2. The fraction of sp³-hybridized carbons (Fsp3) is 0.143. The Balaban J connectivity index is 2.05. The highest BCUT2D eigenvalue weighted by atomic mass is 19.1. The van der Waals surface area contributed by atoms with Crippen molar-refractivity contribution in [2.45, 2.75) is 13.5 Å². The lowest BCUT2D eigenvalue weighted by atomic mass is 9.97. The highest BCUT2D eigenvalue weighted by molar-refractivity contribution is 5.87. The molecule has 0 aliphatic heterocycles. The Bertz CT molecular complexity index is 938. The monoisotopic (exact) mass is 349 g/mol. The maximum Gasteiger partial charge on any atom is 0.243 e. The van der Waals surface area contributed by atoms with E-state index in [1.165, 1.54) is 18.2 Å². The van der Waals surface area contributed by atoms with Crippen molar-refractivity contribution >= 4 is 5.91 Å². The molecule has 0 atom stereocenters. The van der Waals surface area contributed by atoms with Gasteiger partial charge in [-0.05, 0) is 54.0 Å². The number of carbonyl (C=O) groups is 1. The van der Waals surface area contributed by atoms with Gasteiger partial charge in [-0.2, -0.15) is 5.10 Å². The summed E-state index contributed by atoms with van der Waals surface area (Å²) < 4.78 is 15.0. The van der Waals surface area contributed by atoms with Gasteiger partial charge in [0.05, 0.1) is 5.69 Å². The first-order chi connectivity index (χ1) is 12.5. The zero-order valence-corrected chi connectivity index (χ0v) is 14.8. The Morgan fingerprint density at radius 1 is 1.19 bits per heavy atom. The number of hydrogen-bond donors (Lipinski definition) is 1. The van der Waals surface area contributed by atoms with Crippen molar-refractivity contribution in [3.05, 3.63) is 78.3 Å². The standard InChI is InChI=1S/C21H20FN3O/c1-4-21(26)23-13-17-6-5-16(15-7-9-18(22)10-8-15)12-19(17)20-11-14(2)25(3)24-20/h4-12H,1,13H2,2-3H3,(H,23,26). The van der Waals surface area contributed by atoms with Crippen LogP contribution in [0, 0.1) is 12.7 Å². The maximum atomic E-state index is 13.2. The Morgan fingerprint density at radius 2 is 1.88 bits per heavy atom. The molecule has 3 aromatic rings. The summed E-state index contributed by atoms with van der Waals surface area (Å²) in [5.41, 5.74) is 5.62. The molecule has 0 radical (unpaired) electrons. The summed E-state index contributed by atoms with van der Waals surface area (Å²) in [6, 6.07) is 14.3. The fourth-order valence-corrected chi connectivity index (χ4v) is 2.74. The molecule has 0 saturated carbocycles. The Kier molecular flexibility index (Phi) is 4.98. The van der Waals surface area contributed by atoms with Gasteiger partial charge in [0.1, 0.15) is 5.82 Å². The lowest BCUT2D eigenvalue weighted by molar-refractivity contribution is -0.116. The summed E-state index contributed by atoms with van der Waals surface area (Å²) in [5, 5.41) is 7.37. The van der Waals surface area contributed by atoms with Crippen LogP contribution in [0.3, 0.4) is 0 Å². The number of nitrogens with one attached hydrogen (secondary N) is 1. The number of nitrogens with zero attached hydrogens (tertiary/aromatic N) is 2. The molecular weight excluding hydrogens is 329 g/mol. The first-order valence-electron chi connectivity index (χ1n) is 8.28. The van der Waals surface area contributed by atoms with Crippen LogP contribution in [0.15, 0.2) is 61.2 Å². The molecule has 2 aromatic carbocycles. The topological polar surface area (TPSA) is 46.9 Å². The first kappa shape index (κ1) is 17.6. The predicted octanol–water partition coefficient (Wildman–Crippen LogP) is 4.00. The maximum absolute atomic E-state index is 13.2. The summed E-state index contributed by atoms with van der Waals surface area (Å²) in [6.45, 7) is 5.83. The van der Waals surface area contributed by atoms with Gasteiger partial charge in [0.15, 0.2) is 0 Å². The molecular formula is C21H20FN3O. The molecule has 0 unspecified atom stereocenters. The molecule has 0 aliphatic carbocycles. The summed E-state index contributed by atoms with van der Waals surface area (Å²) in [5.74, 6) is -0.492. The van der Waals surface area contributed by atoms with E-state index in [4.69, 9.17) is 0 Å².